The lowest BCUT2D eigenvalue weighted by Gasteiger charge is -2.21. The van der Waals surface area contributed by atoms with Gasteiger partial charge in [0.05, 0.1) is 10.7 Å². The molecule has 4 nitrogen and oxygen atoms in total. The van der Waals surface area contributed by atoms with Crippen molar-refractivity contribution < 1.29 is 4.79 Å². The Balaban J connectivity index is 1.76. The summed E-state index contributed by atoms with van der Waals surface area (Å²) in [5, 5.41) is 1.94. The zero-order valence-electron chi connectivity index (χ0n) is 15.8. The van der Waals surface area contributed by atoms with Crippen molar-refractivity contribution in [3.05, 3.63) is 38.8 Å². The summed E-state index contributed by atoms with van der Waals surface area (Å²) in [5.41, 5.74) is 1.53. The third-order valence-electron chi connectivity index (χ3n) is 4.85. The Morgan fingerprint density at radius 1 is 1.22 bits per heavy atom. The number of halogens is 2. The SMILES string of the molecule is CCCCN1CCCN(C(=O)c2sc(-c3cc(Cl)ccc3Cl)nc2C)CC1. The van der Waals surface area contributed by atoms with E-state index in [-0.39, 0.29) is 5.91 Å². The van der Waals surface area contributed by atoms with Crippen LogP contribution in [0.25, 0.3) is 10.6 Å². The number of carbonyl (C=O) groups is 1. The fraction of sp³-hybridized carbons (Fsp3) is 0.500. The molecular weight excluding hydrogens is 401 g/mol. The van der Waals surface area contributed by atoms with E-state index < -0.39 is 0 Å². The predicted molar refractivity (Wildman–Crippen MR) is 114 cm³/mol. The lowest BCUT2D eigenvalue weighted by molar-refractivity contribution is 0.0765. The van der Waals surface area contributed by atoms with E-state index in [4.69, 9.17) is 23.2 Å². The highest BCUT2D eigenvalue weighted by atomic mass is 35.5. The van der Waals surface area contributed by atoms with Crippen LogP contribution in [0.1, 0.15) is 41.6 Å². The van der Waals surface area contributed by atoms with Crippen LogP contribution in [0.4, 0.5) is 0 Å². The summed E-state index contributed by atoms with van der Waals surface area (Å²) >= 11 is 13.8. The van der Waals surface area contributed by atoms with Gasteiger partial charge in [-0.1, -0.05) is 36.5 Å². The molecule has 1 aromatic carbocycles. The van der Waals surface area contributed by atoms with Crippen molar-refractivity contribution in [2.24, 2.45) is 0 Å². The number of hydrogen-bond donors (Lipinski definition) is 0. The lowest BCUT2D eigenvalue weighted by Crippen LogP contribution is -2.35. The van der Waals surface area contributed by atoms with E-state index >= 15 is 0 Å². The molecule has 1 aliphatic rings. The van der Waals surface area contributed by atoms with Gasteiger partial charge in [0.1, 0.15) is 9.88 Å². The maximum Gasteiger partial charge on any atom is 0.265 e. The molecule has 0 bridgehead atoms. The normalized spacial score (nSPS) is 15.8. The van der Waals surface area contributed by atoms with Crippen LogP contribution in [-0.4, -0.2) is 53.4 Å². The lowest BCUT2D eigenvalue weighted by atomic mass is 10.2. The molecule has 0 atom stereocenters. The zero-order valence-corrected chi connectivity index (χ0v) is 18.1. The van der Waals surface area contributed by atoms with E-state index in [0.717, 1.165) is 55.4 Å². The van der Waals surface area contributed by atoms with E-state index in [1.54, 1.807) is 18.2 Å². The van der Waals surface area contributed by atoms with Crippen molar-refractivity contribution >= 4 is 40.4 Å². The first-order chi connectivity index (χ1) is 13.0. The highest BCUT2D eigenvalue weighted by Crippen LogP contribution is 2.35. The quantitative estimate of drug-likeness (QED) is 0.645. The first-order valence-corrected chi connectivity index (χ1v) is 11.0. The minimum atomic E-state index is 0.0757. The Morgan fingerprint density at radius 3 is 2.81 bits per heavy atom. The van der Waals surface area contributed by atoms with E-state index in [1.807, 2.05) is 11.8 Å². The summed E-state index contributed by atoms with van der Waals surface area (Å²) in [4.78, 5) is 22.8. The van der Waals surface area contributed by atoms with Crippen molar-refractivity contribution in [2.45, 2.75) is 33.1 Å². The molecule has 0 unspecified atom stereocenters. The molecular formula is C20H25Cl2N3OS. The third-order valence-corrected chi connectivity index (χ3v) is 6.60. The Morgan fingerprint density at radius 2 is 2.04 bits per heavy atom. The van der Waals surface area contributed by atoms with Crippen LogP contribution in [0.2, 0.25) is 10.0 Å². The molecule has 2 heterocycles. The summed E-state index contributed by atoms with van der Waals surface area (Å²) in [6, 6.07) is 5.31. The van der Waals surface area contributed by atoms with Crippen LogP contribution < -0.4 is 0 Å². The van der Waals surface area contributed by atoms with Crippen LogP contribution in [0.15, 0.2) is 18.2 Å². The molecule has 0 spiro atoms. The van der Waals surface area contributed by atoms with E-state index in [1.165, 1.54) is 24.2 Å². The van der Waals surface area contributed by atoms with Gasteiger partial charge in [-0.25, -0.2) is 4.98 Å². The Kier molecular flexibility index (Phi) is 7.15. The van der Waals surface area contributed by atoms with Gasteiger partial charge in [0.25, 0.3) is 5.91 Å². The molecule has 1 aliphatic heterocycles. The van der Waals surface area contributed by atoms with Crippen LogP contribution in [-0.2, 0) is 0 Å². The number of amides is 1. The highest BCUT2D eigenvalue weighted by molar-refractivity contribution is 7.17. The minimum Gasteiger partial charge on any atom is -0.337 e. The van der Waals surface area contributed by atoms with Gasteiger partial charge < -0.3 is 9.80 Å². The number of unbranched alkanes of at least 4 members (excludes halogenated alkanes) is 1. The van der Waals surface area contributed by atoms with E-state index in [9.17, 15) is 4.79 Å². The maximum atomic E-state index is 13.1. The standard InChI is InChI=1S/C20H25Cl2N3OS/c1-3-4-8-24-9-5-10-25(12-11-24)20(26)18-14(2)23-19(27-18)16-13-15(21)6-7-17(16)22/h6-7,13H,3-5,8-12H2,1-2H3. The van der Waals surface area contributed by atoms with Crippen molar-refractivity contribution in [1.82, 2.24) is 14.8 Å². The molecule has 1 fully saturated rings. The minimum absolute atomic E-state index is 0.0757. The van der Waals surface area contributed by atoms with Crippen molar-refractivity contribution in [3.8, 4) is 10.6 Å². The average Bonchev–Trinajstić information content (AvgIpc) is 2.88. The molecule has 27 heavy (non-hydrogen) atoms. The van der Waals surface area contributed by atoms with Gasteiger partial charge in [-0.2, -0.15) is 0 Å². The second-order valence-electron chi connectivity index (χ2n) is 6.90. The molecule has 0 radical (unpaired) electrons. The number of carbonyl (C=O) groups excluding carboxylic acids is 1. The topological polar surface area (TPSA) is 36.4 Å². The summed E-state index contributed by atoms with van der Waals surface area (Å²) in [6.07, 6.45) is 3.43. The number of aromatic nitrogens is 1. The van der Waals surface area contributed by atoms with Gasteiger partial charge in [0.15, 0.2) is 0 Å². The van der Waals surface area contributed by atoms with Crippen LogP contribution in [0, 0.1) is 6.92 Å². The number of rotatable bonds is 5. The average molecular weight is 426 g/mol. The Bertz CT molecular complexity index is 809. The number of benzene rings is 1. The first-order valence-electron chi connectivity index (χ1n) is 9.44. The summed E-state index contributed by atoms with van der Waals surface area (Å²) in [6.45, 7) is 8.79. The molecule has 0 aliphatic carbocycles. The zero-order chi connectivity index (χ0) is 19.4. The monoisotopic (exact) mass is 425 g/mol. The van der Waals surface area contributed by atoms with Gasteiger partial charge in [-0.05, 0) is 51.1 Å². The Hall–Kier alpha value is -1.14. The highest BCUT2D eigenvalue weighted by Gasteiger charge is 2.24. The number of hydrogen-bond acceptors (Lipinski definition) is 4. The predicted octanol–water partition coefficient (Wildman–Crippen LogP) is 5.37. The van der Waals surface area contributed by atoms with E-state index in [2.05, 4.69) is 16.8 Å². The van der Waals surface area contributed by atoms with Gasteiger partial charge in [-0.15, -0.1) is 11.3 Å². The smallest absolute Gasteiger partial charge is 0.265 e. The van der Waals surface area contributed by atoms with E-state index in [0.29, 0.717) is 14.9 Å². The largest absolute Gasteiger partial charge is 0.337 e. The maximum absolute atomic E-state index is 13.1. The Labute approximate surface area is 175 Å². The number of thiazole rings is 1. The second-order valence-corrected chi connectivity index (χ2v) is 8.74. The second kappa shape index (κ2) is 9.37. The molecule has 3 rings (SSSR count). The molecule has 1 saturated heterocycles. The first kappa shape index (κ1) is 20.6. The van der Waals surface area contributed by atoms with Crippen LogP contribution >= 0.6 is 34.5 Å². The molecule has 0 saturated carbocycles. The molecule has 1 amide bonds. The molecule has 2 aromatic rings. The molecule has 1 aromatic heterocycles. The number of nitrogens with zero attached hydrogens (tertiary/aromatic N) is 3. The van der Waals surface area contributed by atoms with Crippen molar-refractivity contribution in [2.75, 3.05) is 32.7 Å². The molecule has 0 N–H and O–H groups in total. The van der Waals surface area contributed by atoms with Crippen molar-refractivity contribution in [3.63, 3.8) is 0 Å². The fourth-order valence-electron chi connectivity index (χ4n) is 3.29. The molecule has 7 heteroatoms. The summed E-state index contributed by atoms with van der Waals surface area (Å²) in [5.74, 6) is 0.0757. The third kappa shape index (κ3) is 5.02. The van der Waals surface area contributed by atoms with Crippen LogP contribution in [0.3, 0.4) is 0 Å². The summed E-state index contributed by atoms with van der Waals surface area (Å²) < 4.78 is 0. The number of aryl methyl sites for hydroxylation is 1. The van der Waals surface area contributed by atoms with Crippen molar-refractivity contribution in [1.29, 1.82) is 0 Å². The summed E-state index contributed by atoms with van der Waals surface area (Å²) in [7, 11) is 0. The van der Waals surface area contributed by atoms with Crippen LogP contribution in [0.5, 0.6) is 0 Å². The van der Waals surface area contributed by atoms with Gasteiger partial charge >= 0.3 is 0 Å². The van der Waals surface area contributed by atoms with Gasteiger partial charge in [0, 0.05) is 30.2 Å². The fourth-order valence-corrected chi connectivity index (χ4v) is 4.79. The molecule has 146 valence electrons. The van der Waals surface area contributed by atoms with Gasteiger partial charge in [0.2, 0.25) is 0 Å². The van der Waals surface area contributed by atoms with Gasteiger partial charge in [-0.3, -0.25) is 4.79 Å².